The van der Waals surface area contributed by atoms with Gasteiger partial charge in [-0.25, -0.2) is 4.68 Å². The quantitative estimate of drug-likeness (QED) is 0.827. The zero-order valence-electron chi connectivity index (χ0n) is 11.5. The van der Waals surface area contributed by atoms with Crippen molar-refractivity contribution < 1.29 is 4.74 Å². The summed E-state index contributed by atoms with van der Waals surface area (Å²) in [7, 11) is 1.72. The lowest BCUT2D eigenvalue weighted by Gasteiger charge is -2.09. The second-order valence-corrected chi connectivity index (χ2v) is 6.22. The first kappa shape index (κ1) is 13.9. The minimum absolute atomic E-state index is 0.571. The van der Waals surface area contributed by atoms with Crippen LogP contribution in [0.5, 0.6) is 0 Å². The van der Waals surface area contributed by atoms with Crippen molar-refractivity contribution in [2.75, 3.05) is 19.0 Å². The Balaban J connectivity index is 2.07. The van der Waals surface area contributed by atoms with Crippen molar-refractivity contribution >= 4 is 28.4 Å². The van der Waals surface area contributed by atoms with Crippen LogP contribution in [0.1, 0.15) is 24.1 Å². The van der Waals surface area contributed by atoms with Crippen LogP contribution in [0.2, 0.25) is 0 Å². The molecule has 2 aromatic rings. The van der Waals surface area contributed by atoms with Gasteiger partial charge >= 0.3 is 0 Å². The minimum Gasteiger partial charge on any atom is -0.378 e. The molecule has 0 spiro atoms. The number of halogens is 1. The normalized spacial score (nSPS) is 14.5. The van der Waals surface area contributed by atoms with Crippen LogP contribution in [0.25, 0.3) is 5.69 Å². The molecule has 0 aliphatic carbocycles. The summed E-state index contributed by atoms with van der Waals surface area (Å²) >= 11 is 2.32. The van der Waals surface area contributed by atoms with Crippen LogP contribution >= 0.6 is 22.6 Å². The molecule has 0 unspecified atom stereocenters. The molecule has 2 heterocycles. The Morgan fingerprint density at radius 2 is 2.10 bits per heavy atom. The summed E-state index contributed by atoms with van der Waals surface area (Å²) in [5.41, 5.74) is 3.46. The fraction of sp³-hybridized carbons (Fsp3) is 0.400. The van der Waals surface area contributed by atoms with Gasteiger partial charge in [0.15, 0.2) is 0 Å². The molecule has 5 heteroatoms. The van der Waals surface area contributed by atoms with Gasteiger partial charge in [0.1, 0.15) is 5.82 Å². The van der Waals surface area contributed by atoms with E-state index in [9.17, 15) is 0 Å². The van der Waals surface area contributed by atoms with Crippen molar-refractivity contribution in [1.29, 1.82) is 0 Å². The van der Waals surface area contributed by atoms with Gasteiger partial charge in [-0.2, -0.15) is 5.10 Å². The van der Waals surface area contributed by atoms with Gasteiger partial charge in [-0.15, -0.1) is 0 Å². The van der Waals surface area contributed by atoms with Gasteiger partial charge in [-0.3, -0.25) is 0 Å². The lowest BCUT2D eigenvalue weighted by Crippen LogP contribution is -2.07. The van der Waals surface area contributed by atoms with Gasteiger partial charge in [0.05, 0.1) is 18.0 Å². The summed E-state index contributed by atoms with van der Waals surface area (Å²) in [5.74, 6) is 1.13. The number of hydrogen-bond donors (Lipinski definition) is 1. The zero-order valence-corrected chi connectivity index (χ0v) is 13.7. The van der Waals surface area contributed by atoms with E-state index in [-0.39, 0.29) is 0 Å². The molecule has 3 rings (SSSR count). The molecule has 1 aromatic heterocycles. The molecule has 0 amide bonds. The second kappa shape index (κ2) is 6.13. The van der Waals surface area contributed by atoms with Crippen LogP contribution < -0.4 is 5.32 Å². The fourth-order valence-corrected chi connectivity index (χ4v) is 2.95. The number of ether oxygens (including phenoxy) is 1. The summed E-state index contributed by atoms with van der Waals surface area (Å²) in [5, 5.41) is 8.28. The molecule has 0 radical (unpaired) electrons. The van der Waals surface area contributed by atoms with E-state index in [1.807, 2.05) is 4.68 Å². The molecule has 1 N–H and O–H groups in total. The van der Waals surface area contributed by atoms with Crippen LogP contribution in [0.4, 0.5) is 5.82 Å². The van der Waals surface area contributed by atoms with E-state index in [1.54, 1.807) is 7.11 Å². The van der Waals surface area contributed by atoms with E-state index in [0.29, 0.717) is 6.61 Å². The first-order chi connectivity index (χ1) is 9.79. The number of fused-ring (bicyclic) bond motifs is 1. The van der Waals surface area contributed by atoms with E-state index in [0.717, 1.165) is 30.2 Å². The highest BCUT2D eigenvalue weighted by Crippen LogP contribution is 2.28. The monoisotopic (exact) mass is 383 g/mol. The van der Waals surface area contributed by atoms with E-state index < -0.39 is 0 Å². The van der Waals surface area contributed by atoms with E-state index in [1.165, 1.54) is 22.0 Å². The SMILES string of the molecule is COCc1nn(-c2ccc(I)cc2)c2c1CCCCN2. The highest BCUT2D eigenvalue weighted by molar-refractivity contribution is 14.1. The van der Waals surface area contributed by atoms with Gasteiger partial charge < -0.3 is 10.1 Å². The highest BCUT2D eigenvalue weighted by Gasteiger charge is 2.20. The third-order valence-electron chi connectivity index (χ3n) is 3.56. The maximum atomic E-state index is 5.30. The molecule has 0 bridgehead atoms. The number of nitrogens with one attached hydrogen (secondary N) is 1. The molecule has 0 fully saturated rings. The topological polar surface area (TPSA) is 39.1 Å². The Kier molecular flexibility index (Phi) is 4.26. The lowest BCUT2D eigenvalue weighted by molar-refractivity contribution is 0.180. The summed E-state index contributed by atoms with van der Waals surface area (Å²) in [6.45, 7) is 1.58. The predicted molar refractivity (Wildman–Crippen MR) is 88.4 cm³/mol. The zero-order chi connectivity index (χ0) is 13.9. The van der Waals surface area contributed by atoms with Crippen LogP contribution in [-0.4, -0.2) is 23.4 Å². The number of benzene rings is 1. The Hall–Kier alpha value is -1.08. The van der Waals surface area contributed by atoms with Gasteiger partial charge in [0, 0.05) is 22.8 Å². The molecule has 1 aromatic carbocycles. The van der Waals surface area contributed by atoms with E-state index >= 15 is 0 Å². The number of rotatable bonds is 3. The summed E-state index contributed by atoms with van der Waals surface area (Å²) < 4.78 is 8.55. The van der Waals surface area contributed by atoms with Crippen molar-refractivity contribution in [2.45, 2.75) is 25.9 Å². The second-order valence-electron chi connectivity index (χ2n) is 4.98. The Morgan fingerprint density at radius 3 is 2.85 bits per heavy atom. The molecule has 20 heavy (non-hydrogen) atoms. The van der Waals surface area contributed by atoms with E-state index in [2.05, 4.69) is 52.2 Å². The van der Waals surface area contributed by atoms with Crippen LogP contribution in [0.15, 0.2) is 24.3 Å². The fourth-order valence-electron chi connectivity index (χ4n) is 2.60. The molecule has 4 nitrogen and oxygen atoms in total. The molecular formula is C15H18IN3O. The molecule has 0 saturated heterocycles. The van der Waals surface area contributed by atoms with Crippen LogP contribution in [-0.2, 0) is 17.8 Å². The smallest absolute Gasteiger partial charge is 0.133 e. The van der Waals surface area contributed by atoms with Gasteiger partial charge in [0.2, 0.25) is 0 Å². The Labute approximate surface area is 132 Å². The predicted octanol–water partition coefficient (Wildman–Crippen LogP) is 3.37. The molecule has 1 aliphatic rings. The largest absolute Gasteiger partial charge is 0.378 e. The van der Waals surface area contributed by atoms with Crippen molar-refractivity contribution in [3.63, 3.8) is 0 Å². The molecule has 0 atom stereocenters. The van der Waals surface area contributed by atoms with Crippen molar-refractivity contribution in [3.8, 4) is 5.69 Å². The van der Waals surface area contributed by atoms with Gasteiger partial charge in [-0.05, 0) is 66.1 Å². The van der Waals surface area contributed by atoms with Crippen LogP contribution in [0, 0.1) is 3.57 Å². The Bertz CT molecular complexity index is 592. The molecule has 106 valence electrons. The molecule has 0 saturated carbocycles. The maximum absolute atomic E-state index is 5.30. The van der Waals surface area contributed by atoms with Crippen LogP contribution in [0.3, 0.4) is 0 Å². The van der Waals surface area contributed by atoms with Crippen molar-refractivity contribution in [3.05, 3.63) is 39.1 Å². The third kappa shape index (κ3) is 2.69. The average Bonchev–Trinajstić information content (AvgIpc) is 2.64. The maximum Gasteiger partial charge on any atom is 0.133 e. The highest BCUT2D eigenvalue weighted by atomic mass is 127. The first-order valence-electron chi connectivity index (χ1n) is 6.89. The minimum atomic E-state index is 0.571. The van der Waals surface area contributed by atoms with Crippen molar-refractivity contribution in [2.24, 2.45) is 0 Å². The summed E-state index contributed by atoms with van der Waals surface area (Å²) in [4.78, 5) is 0. The number of anilines is 1. The van der Waals surface area contributed by atoms with Gasteiger partial charge in [0.25, 0.3) is 0 Å². The molecule has 1 aliphatic heterocycles. The number of aromatic nitrogens is 2. The number of hydrogen-bond acceptors (Lipinski definition) is 3. The van der Waals surface area contributed by atoms with Crippen molar-refractivity contribution in [1.82, 2.24) is 9.78 Å². The molecular weight excluding hydrogens is 365 g/mol. The first-order valence-corrected chi connectivity index (χ1v) is 7.97. The summed E-state index contributed by atoms with van der Waals surface area (Å²) in [6, 6.07) is 8.43. The Morgan fingerprint density at radius 1 is 1.30 bits per heavy atom. The average molecular weight is 383 g/mol. The van der Waals surface area contributed by atoms with Gasteiger partial charge in [-0.1, -0.05) is 0 Å². The number of methoxy groups -OCH3 is 1. The third-order valence-corrected chi connectivity index (χ3v) is 4.28. The standard InChI is InChI=1S/C15H18IN3O/c1-20-10-14-13-4-2-3-9-17-15(13)19(18-14)12-7-5-11(16)6-8-12/h5-8,17H,2-4,9-10H2,1H3. The number of nitrogens with zero attached hydrogens (tertiary/aromatic N) is 2. The lowest BCUT2D eigenvalue weighted by atomic mass is 10.1. The summed E-state index contributed by atoms with van der Waals surface area (Å²) in [6.07, 6.45) is 3.48. The van der Waals surface area contributed by atoms with E-state index in [4.69, 9.17) is 9.84 Å².